The van der Waals surface area contributed by atoms with Gasteiger partial charge in [0.2, 0.25) is 6.79 Å². The van der Waals surface area contributed by atoms with Crippen molar-refractivity contribution in [2.75, 3.05) is 6.79 Å². The van der Waals surface area contributed by atoms with Crippen LogP contribution in [0.2, 0.25) is 0 Å². The van der Waals surface area contributed by atoms with Gasteiger partial charge in [-0.05, 0) is 60.1 Å². The molecule has 0 aliphatic carbocycles. The number of ether oxygens (including phenoxy) is 2. The van der Waals surface area contributed by atoms with E-state index in [-0.39, 0.29) is 0 Å². The van der Waals surface area contributed by atoms with Crippen molar-refractivity contribution in [3.05, 3.63) is 95.1 Å². The first-order valence-corrected chi connectivity index (χ1v) is 8.87. The van der Waals surface area contributed by atoms with Gasteiger partial charge in [0, 0.05) is 0 Å². The summed E-state index contributed by atoms with van der Waals surface area (Å²) in [6.07, 6.45) is 4.24. The molecule has 126 valence electrons. The SMILES string of the molecule is c1ccc(CCc2ccc(CCc3ccc4c(c3)OCO4)cc2)cc1. The van der Waals surface area contributed by atoms with Crippen LogP contribution in [-0.4, -0.2) is 6.79 Å². The summed E-state index contributed by atoms with van der Waals surface area (Å²) < 4.78 is 10.8. The molecule has 0 saturated carbocycles. The molecule has 0 saturated heterocycles. The number of rotatable bonds is 6. The van der Waals surface area contributed by atoms with Crippen LogP contribution in [0.15, 0.2) is 72.8 Å². The number of benzene rings is 3. The summed E-state index contributed by atoms with van der Waals surface area (Å²) in [5.41, 5.74) is 5.46. The van der Waals surface area contributed by atoms with Gasteiger partial charge in [0.05, 0.1) is 0 Å². The maximum Gasteiger partial charge on any atom is 0.231 e. The molecule has 0 spiro atoms. The van der Waals surface area contributed by atoms with Crippen LogP contribution < -0.4 is 9.47 Å². The van der Waals surface area contributed by atoms with Gasteiger partial charge < -0.3 is 9.47 Å². The average molecular weight is 330 g/mol. The molecule has 0 fully saturated rings. The van der Waals surface area contributed by atoms with E-state index in [0.717, 1.165) is 37.2 Å². The molecular weight excluding hydrogens is 308 g/mol. The topological polar surface area (TPSA) is 18.5 Å². The zero-order valence-corrected chi connectivity index (χ0v) is 14.3. The first-order chi connectivity index (χ1) is 12.4. The first-order valence-electron chi connectivity index (χ1n) is 8.87. The van der Waals surface area contributed by atoms with Gasteiger partial charge >= 0.3 is 0 Å². The molecule has 1 aliphatic rings. The lowest BCUT2D eigenvalue weighted by Crippen LogP contribution is -1.94. The Morgan fingerprint density at radius 3 is 1.72 bits per heavy atom. The second kappa shape index (κ2) is 7.43. The lowest BCUT2D eigenvalue weighted by atomic mass is 10.0. The highest BCUT2D eigenvalue weighted by Gasteiger charge is 2.12. The molecule has 1 aliphatic heterocycles. The van der Waals surface area contributed by atoms with E-state index >= 15 is 0 Å². The summed E-state index contributed by atoms with van der Waals surface area (Å²) in [5.74, 6) is 1.72. The Balaban J connectivity index is 1.31. The molecule has 4 rings (SSSR count). The number of fused-ring (bicyclic) bond motifs is 1. The van der Waals surface area contributed by atoms with E-state index in [1.807, 2.05) is 6.07 Å². The Hall–Kier alpha value is -2.74. The van der Waals surface area contributed by atoms with Crippen LogP contribution >= 0.6 is 0 Å². The minimum Gasteiger partial charge on any atom is -0.454 e. The fourth-order valence-corrected chi connectivity index (χ4v) is 3.19. The second-order valence-electron chi connectivity index (χ2n) is 6.49. The van der Waals surface area contributed by atoms with Gasteiger partial charge in [0.1, 0.15) is 0 Å². The Morgan fingerprint density at radius 1 is 0.520 bits per heavy atom. The molecule has 1 heterocycles. The normalized spacial score (nSPS) is 12.3. The largest absolute Gasteiger partial charge is 0.454 e. The molecule has 3 aromatic rings. The lowest BCUT2D eigenvalue weighted by Gasteiger charge is -2.06. The molecule has 0 atom stereocenters. The molecule has 0 unspecified atom stereocenters. The summed E-state index contributed by atoms with van der Waals surface area (Å²) in [6, 6.07) is 25.9. The molecule has 2 heteroatoms. The molecule has 0 radical (unpaired) electrons. The van der Waals surface area contributed by atoms with Crippen LogP contribution in [0.1, 0.15) is 22.3 Å². The van der Waals surface area contributed by atoms with E-state index in [1.54, 1.807) is 0 Å². The van der Waals surface area contributed by atoms with Crippen LogP contribution in [0.3, 0.4) is 0 Å². The third-order valence-electron chi connectivity index (χ3n) is 4.71. The van der Waals surface area contributed by atoms with E-state index in [1.165, 1.54) is 22.3 Å². The van der Waals surface area contributed by atoms with E-state index in [4.69, 9.17) is 9.47 Å². The van der Waals surface area contributed by atoms with Crippen LogP contribution in [0.5, 0.6) is 11.5 Å². The quantitative estimate of drug-likeness (QED) is 0.634. The molecule has 3 aromatic carbocycles. The Kier molecular flexibility index (Phi) is 4.69. The van der Waals surface area contributed by atoms with Crippen molar-refractivity contribution in [3.8, 4) is 11.5 Å². The summed E-state index contributed by atoms with van der Waals surface area (Å²) >= 11 is 0. The van der Waals surface area contributed by atoms with Crippen LogP contribution in [0.4, 0.5) is 0 Å². The Bertz CT molecular complexity index is 822. The van der Waals surface area contributed by atoms with Gasteiger partial charge in [0.15, 0.2) is 11.5 Å². The van der Waals surface area contributed by atoms with Gasteiger partial charge in [-0.15, -0.1) is 0 Å². The summed E-state index contributed by atoms with van der Waals surface area (Å²) in [7, 11) is 0. The van der Waals surface area contributed by atoms with Gasteiger partial charge in [-0.1, -0.05) is 60.7 Å². The number of hydrogen-bond donors (Lipinski definition) is 0. The molecule has 0 aromatic heterocycles. The third-order valence-corrected chi connectivity index (χ3v) is 4.71. The van der Waals surface area contributed by atoms with Crippen LogP contribution in [0, 0.1) is 0 Å². The van der Waals surface area contributed by atoms with Crippen molar-refractivity contribution in [3.63, 3.8) is 0 Å². The molecule has 0 amide bonds. The average Bonchev–Trinajstić information content (AvgIpc) is 3.14. The Labute approximate surface area is 149 Å². The van der Waals surface area contributed by atoms with E-state index < -0.39 is 0 Å². The van der Waals surface area contributed by atoms with Crippen LogP contribution in [-0.2, 0) is 25.7 Å². The Morgan fingerprint density at radius 2 is 1.04 bits per heavy atom. The van der Waals surface area contributed by atoms with Crippen molar-refractivity contribution in [2.45, 2.75) is 25.7 Å². The van der Waals surface area contributed by atoms with Crippen molar-refractivity contribution in [1.29, 1.82) is 0 Å². The van der Waals surface area contributed by atoms with E-state index in [0.29, 0.717) is 6.79 Å². The van der Waals surface area contributed by atoms with Crippen molar-refractivity contribution in [2.24, 2.45) is 0 Å². The third kappa shape index (κ3) is 4.03. The summed E-state index contributed by atoms with van der Waals surface area (Å²) in [6.45, 7) is 0.337. The van der Waals surface area contributed by atoms with Gasteiger partial charge in [-0.25, -0.2) is 0 Å². The standard InChI is InChI=1S/C23H22O2/c1-2-4-18(5-3-1)6-7-19-8-10-20(11-9-19)12-13-21-14-15-22-23(16-21)25-17-24-22/h1-5,8-11,14-16H,6-7,12-13,17H2. The van der Waals surface area contributed by atoms with Crippen LogP contribution in [0.25, 0.3) is 0 Å². The minimum atomic E-state index is 0.337. The molecular formula is C23H22O2. The van der Waals surface area contributed by atoms with Crippen molar-refractivity contribution >= 4 is 0 Å². The summed E-state index contributed by atoms with van der Waals surface area (Å²) in [4.78, 5) is 0. The van der Waals surface area contributed by atoms with Gasteiger partial charge in [-0.3, -0.25) is 0 Å². The zero-order chi connectivity index (χ0) is 16.9. The van der Waals surface area contributed by atoms with E-state index in [9.17, 15) is 0 Å². The molecule has 0 bridgehead atoms. The zero-order valence-electron chi connectivity index (χ0n) is 14.3. The predicted octanol–water partition coefficient (Wildman–Crippen LogP) is 4.99. The highest BCUT2D eigenvalue weighted by Crippen LogP contribution is 2.32. The highest BCUT2D eigenvalue weighted by molar-refractivity contribution is 5.44. The fourth-order valence-electron chi connectivity index (χ4n) is 3.19. The maximum absolute atomic E-state index is 5.45. The van der Waals surface area contributed by atoms with Crippen molar-refractivity contribution < 1.29 is 9.47 Å². The van der Waals surface area contributed by atoms with E-state index in [2.05, 4.69) is 66.7 Å². The number of hydrogen-bond acceptors (Lipinski definition) is 2. The monoisotopic (exact) mass is 330 g/mol. The smallest absolute Gasteiger partial charge is 0.231 e. The highest BCUT2D eigenvalue weighted by atomic mass is 16.7. The first kappa shape index (κ1) is 15.8. The molecule has 25 heavy (non-hydrogen) atoms. The molecule has 2 nitrogen and oxygen atoms in total. The maximum atomic E-state index is 5.45. The van der Waals surface area contributed by atoms with Crippen molar-refractivity contribution in [1.82, 2.24) is 0 Å². The minimum absolute atomic E-state index is 0.337. The van der Waals surface area contributed by atoms with Gasteiger partial charge in [0.25, 0.3) is 0 Å². The summed E-state index contributed by atoms with van der Waals surface area (Å²) in [5, 5.41) is 0. The second-order valence-corrected chi connectivity index (χ2v) is 6.49. The van der Waals surface area contributed by atoms with Gasteiger partial charge in [-0.2, -0.15) is 0 Å². The molecule has 0 N–H and O–H groups in total. The number of aryl methyl sites for hydroxylation is 4. The fraction of sp³-hybridized carbons (Fsp3) is 0.217. The lowest BCUT2D eigenvalue weighted by molar-refractivity contribution is 0.174. The predicted molar refractivity (Wildman–Crippen MR) is 100 cm³/mol.